The summed E-state index contributed by atoms with van der Waals surface area (Å²) in [6, 6.07) is 0. The van der Waals surface area contributed by atoms with Gasteiger partial charge in [-0.15, -0.1) is 0 Å². The average Bonchev–Trinajstić information content (AvgIpc) is 2.76. The van der Waals surface area contributed by atoms with Gasteiger partial charge in [0.15, 0.2) is 12.6 Å². The van der Waals surface area contributed by atoms with Crippen LogP contribution in [0.1, 0.15) is 76.5 Å². The SMILES string of the molecule is CCCCc1ncc([C@H]2OC[C@H](CC[C@H]3OC[C@H](CCCC)CO3)CO2)cn1. The number of aromatic nitrogens is 2. The van der Waals surface area contributed by atoms with Gasteiger partial charge in [-0.25, -0.2) is 9.97 Å². The molecular formula is C22H36N2O4. The quantitative estimate of drug-likeness (QED) is 0.587. The molecule has 0 saturated carbocycles. The maximum absolute atomic E-state index is 5.92. The predicted molar refractivity (Wildman–Crippen MR) is 107 cm³/mol. The molecule has 0 atom stereocenters. The normalized spacial score (nSPS) is 28.4. The largest absolute Gasteiger partial charge is 0.352 e. The maximum atomic E-state index is 5.92. The minimum Gasteiger partial charge on any atom is -0.352 e. The Kier molecular flexibility index (Phi) is 9.12. The number of rotatable bonds is 10. The molecule has 6 heteroatoms. The van der Waals surface area contributed by atoms with Crippen molar-refractivity contribution in [1.82, 2.24) is 9.97 Å². The van der Waals surface area contributed by atoms with E-state index in [1.807, 2.05) is 12.4 Å². The van der Waals surface area contributed by atoms with Gasteiger partial charge < -0.3 is 18.9 Å². The van der Waals surface area contributed by atoms with Crippen LogP contribution in [0.15, 0.2) is 12.4 Å². The van der Waals surface area contributed by atoms with Crippen LogP contribution in [0, 0.1) is 11.8 Å². The molecule has 0 radical (unpaired) electrons. The van der Waals surface area contributed by atoms with E-state index in [-0.39, 0.29) is 12.6 Å². The molecule has 0 bridgehead atoms. The second-order valence-corrected chi connectivity index (χ2v) is 8.08. The lowest BCUT2D eigenvalue weighted by Crippen LogP contribution is -2.33. The third kappa shape index (κ3) is 6.76. The highest BCUT2D eigenvalue weighted by Crippen LogP contribution is 2.28. The van der Waals surface area contributed by atoms with Crippen molar-refractivity contribution in [2.75, 3.05) is 26.4 Å². The second kappa shape index (κ2) is 11.8. The van der Waals surface area contributed by atoms with Crippen LogP contribution in [0.5, 0.6) is 0 Å². The van der Waals surface area contributed by atoms with Gasteiger partial charge >= 0.3 is 0 Å². The lowest BCUT2D eigenvalue weighted by atomic mass is 10.0. The first-order valence-corrected chi connectivity index (χ1v) is 11.1. The van der Waals surface area contributed by atoms with E-state index in [2.05, 4.69) is 23.8 Å². The van der Waals surface area contributed by atoms with Gasteiger partial charge in [0.2, 0.25) is 0 Å². The van der Waals surface area contributed by atoms with Crippen molar-refractivity contribution in [1.29, 1.82) is 0 Å². The summed E-state index contributed by atoms with van der Waals surface area (Å²) in [7, 11) is 0. The molecule has 6 nitrogen and oxygen atoms in total. The number of aryl methyl sites for hydroxylation is 1. The van der Waals surface area contributed by atoms with E-state index in [0.717, 1.165) is 56.7 Å². The fourth-order valence-corrected chi connectivity index (χ4v) is 3.63. The summed E-state index contributed by atoms with van der Waals surface area (Å²) in [5, 5.41) is 0. The highest BCUT2D eigenvalue weighted by atomic mass is 16.7. The van der Waals surface area contributed by atoms with Crippen molar-refractivity contribution in [2.24, 2.45) is 11.8 Å². The third-order valence-corrected chi connectivity index (χ3v) is 5.53. The van der Waals surface area contributed by atoms with Gasteiger partial charge in [-0.2, -0.15) is 0 Å². The summed E-state index contributed by atoms with van der Waals surface area (Å²) >= 11 is 0. The topological polar surface area (TPSA) is 62.7 Å². The van der Waals surface area contributed by atoms with E-state index in [0.29, 0.717) is 25.0 Å². The summed E-state index contributed by atoms with van der Waals surface area (Å²) in [6.45, 7) is 7.44. The zero-order valence-corrected chi connectivity index (χ0v) is 17.5. The molecule has 3 heterocycles. The van der Waals surface area contributed by atoms with E-state index in [1.54, 1.807) is 0 Å². The Bertz CT molecular complexity index is 538. The van der Waals surface area contributed by atoms with E-state index in [4.69, 9.17) is 18.9 Å². The van der Waals surface area contributed by atoms with Gasteiger partial charge in [-0.05, 0) is 25.7 Å². The number of unbranched alkanes of at least 4 members (excludes halogenated alkanes) is 2. The molecule has 2 fully saturated rings. The average molecular weight is 393 g/mol. The van der Waals surface area contributed by atoms with Crippen LogP contribution >= 0.6 is 0 Å². The fourth-order valence-electron chi connectivity index (χ4n) is 3.63. The second-order valence-electron chi connectivity index (χ2n) is 8.08. The minimum atomic E-state index is -0.349. The Hall–Kier alpha value is -1.08. The molecular weight excluding hydrogens is 356 g/mol. The molecule has 158 valence electrons. The van der Waals surface area contributed by atoms with Crippen LogP contribution in [0.2, 0.25) is 0 Å². The molecule has 2 aliphatic heterocycles. The first kappa shape index (κ1) is 21.6. The number of hydrogen-bond acceptors (Lipinski definition) is 6. The van der Waals surface area contributed by atoms with Crippen LogP contribution in [0.25, 0.3) is 0 Å². The van der Waals surface area contributed by atoms with E-state index in [1.165, 1.54) is 19.3 Å². The predicted octanol–water partition coefficient (Wildman–Crippen LogP) is 4.44. The Morgan fingerprint density at radius 1 is 0.786 bits per heavy atom. The zero-order valence-electron chi connectivity index (χ0n) is 17.5. The molecule has 0 amide bonds. The molecule has 0 aromatic carbocycles. The Labute approximate surface area is 169 Å². The van der Waals surface area contributed by atoms with Gasteiger partial charge in [0.05, 0.1) is 26.4 Å². The lowest BCUT2D eigenvalue weighted by Gasteiger charge is -2.32. The van der Waals surface area contributed by atoms with Crippen molar-refractivity contribution < 1.29 is 18.9 Å². The summed E-state index contributed by atoms with van der Waals surface area (Å²) in [6.07, 6.45) is 12.0. The third-order valence-electron chi connectivity index (χ3n) is 5.53. The highest BCUT2D eigenvalue weighted by molar-refractivity contribution is 5.07. The molecule has 28 heavy (non-hydrogen) atoms. The number of hydrogen-bond donors (Lipinski definition) is 0. The van der Waals surface area contributed by atoms with Gasteiger partial charge in [-0.1, -0.05) is 33.1 Å². The highest BCUT2D eigenvalue weighted by Gasteiger charge is 2.27. The van der Waals surface area contributed by atoms with Crippen LogP contribution in [0.4, 0.5) is 0 Å². The van der Waals surface area contributed by atoms with Crippen molar-refractivity contribution in [2.45, 2.75) is 77.8 Å². The molecule has 0 unspecified atom stereocenters. The number of ether oxygens (including phenoxy) is 4. The fraction of sp³-hybridized carbons (Fsp3) is 0.818. The monoisotopic (exact) mass is 392 g/mol. The first-order chi connectivity index (χ1) is 13.8. The van der Waals surface area contributed by atoms with E-state index >= 15 is 0 Å². The van der Waals surface area contributed by atoms with Crippen LogP contribution in [-0.4, -0.2) is 42.7 Å². The van der Waals surface area contributed by atoms with Gasteiger partial charge in [0.1, 0.15) is 5.82 Å². The van der Waals surface area contributed by atoms with Crippen molar-refractivity contribution >= 4 is 0 Å². The van der Waals surface area contributed by atoms with Crippen LogP contribution in [0.3, 0.4) is 0 Å². The van der Waals surface area contributed by atoms with Crippen molar-refractivity contribution in [3.05, 3.63) is 23.8 Å². The molecule has 1 aromatic heterocycles. The Balaban J connectivity index is 1.32. The Morgan fingerprint density at radius 3 is 2.04 bits per heavy atom. The minimum absolute atomic E-state index is 0.0698. The number of nitrogens with zero attached hydrogens (tertiary/aromatic N) is 2. The molecule has 0 aliphatic carbocycles. The summed E-state index contributed by atoms with van der Waals surface area (Å²) < 4.78 is 23.6. The van der Waals surface area contributed by atoms with Crippen molar-refractivity contribution in [3.8, 4) is 0 Å². The smallest absolute Gasteiger partial charge is 0.186 e. The molecule has 0 N–H and O–H groups in total. The molecule has 2 aliphatic rings. The van der Waals surface area contributed by atoms with Gasteiger partial charge in [0, 0.05) is 36.2 Å². The van der Waals surface area contributed by atoms with E-state index in [9.17, 15) is 0 Å². The summed E-state index contributed by atoms with van der Waals surface area (Å²) in [5.41, 5.74) is 0.899. The van der Waals surface area contributed by atoms with Gasteiger partial charge in [-0.3, -0.25) is 0 Å². The van der Waals surface area contributed by atoms with E-state index < -0.39 is 0 Å². The molecule has 3 rings (SSSR count). The molecule has 1 aromatic rings. The summed E-state index contributed by atoms with van der Waals surface area (Å²) in [4.78, 5) is 8.86. The molecule has 0 spiro atoms. The zero-order chi connectivity index (χ0) is 19.6. The van der Waals surface area contributed by atoms with Gasteiger partial charge in [0.25, 0.3) is 0 Å². The van der Waals surface area contributed by atoms with Crippen LogP contribution < -0.4 is 0 Å². The lowest BCUT2D eigenvalue weighted by molar-refractivity contribution is -0.220. The summed E-state index contributed by atoms with van der Waals surface area (Å²) in [5.74, 6) is 1.84. The standard InChI is InChI=1S/C22H36N2O4/c1-3-5-7-17-13-25-21(26-14-17)10-9-18-15-27-22(28-16-18)19-11-23-20(24-12-19)8-6-4-2/h11-12,17-18,21-22H,3-10,13-16H2,1-2H3/t17-,18-,21-,22-. The Morgan fingerprint density at radius 2 is 1.39 bits per heavy atom. The van der Waals surface area contributed by atoms with Crippen LogP contribution in [-0.2, 0) is 25.4 Å². The van der Waals surface area contributed by atoms with Crippen molar-refractivity contribution in [3.63, 3.8) is 0 Å². The first-order valence-electron chi connectivity index (χ1n) is 11.1. The molecule has 2 saturated heterocycles. The maximum Gasteiger partial charge on any atom is 0.186 e.